The maximum absolute atomic E-state index is 13.0. The van der Waals surface area contributed by atoms with Crippen LogP contribution in [0, 0.1) is 17.3 Å². The van der Waals surface area contributed by atoms with Crippen LogP contribution in [0.25, 0.3) is 11.1 Å². The number of carbonyl (C=O) groups is 3. The second-order valence-electron chi connectivity index (χ2n) is 10.1. The van der Waals surface area contributed by atoms with Crippen molar-refractivity contribution in [3.63, 3.8) is 0 Å². The summed E-state index contributed by atoms with van der Waals surface area (Å²) in [6.45, 7) is 3.06. The molecule has 7 heteroatoms. The Balaban J connectivity index is 1.14. The molecule has 0 bridgehead atoms. The van der Waals surface area contributed by atoms with E-state index in [1.807, 2.05) is 31.2 Å². The van der Waals surface area contributed by atoms with Gasteiger partial charge in [-0.2, -0.15) is 0 Å². The average molecular weight is 477 g/mol. The Kier molecular flexibility index (Phi) is 6.26. The van der Waals surface area contributed by atoms with Crippen LogP contribution in [-0.2, 0) is 14.3 Å². The van der Waals surface area contributed by atoms with Crippen LogP contribution in [0.5, 0.6) is 0 Å². The molecule has 0 aromatic heterocycles. The predicted octanol–water partition coefficient (Wildman–Crippen LogP) is 4.26. The fourth-order valence-electron chi connectivity index (χ4n) is 6.05. The van der Waals surface area contributed by atoms with E-state index >= 15 is 0 Å². The third-order valence-electron chi connectivity index (χ3n) is 8.26. The van der Waals surface area contributed by atoms with Gasteiger partial charge >= 0.3 is 12.1 Å². The monoisotopic (exact) mass is 476 g/mol. The molecule has 1 aliphatic heterocycles. The number of nitrogens with one attached hydrogen (secondary N) is 1. The Morgan fingerprint density at radius 3 is 2.26 bits per heavy atom. The van der Waals surface area contributed by atoms with E-state index in [1.165, 1.54) is 22.3 Å². The predicted molar refractivity (Wildman–Crippen MR) is 131 cm³/mol. The lowest BCUT2D eigenvalue weighted by atomic mass is 9.76. The van der Waals surface area contributed by atoms with Crippen LogP contribution in [0.1, 0.15) is 49.7 Å². The van der Waals surface area contributed by atoms with Crippen molar-refractivity contribution in [3.8, 4) is 11.1 Å². The van der Waals surface area contributed by atoms with Crippen molar-refractivity contribution in [3.05, 3.63) is 59.7 Å². The first-order chi connectivity index (χ1) is 16.9. The van der Waals surface area contributed by atoms with Crippen molar-refractivity contribution < 1.29 is 24.2 Å². The molecule has 2 atom stereocenters. The Labute approximate surface area is 205 Å². The molecule has 7 nitrogen and oxygen atoms in total. The van der Waals surface area contributed by atoms with Crippen molar-refractivity contribution in [1.29, 1.82) is 0 Å². The number of hydrogen-bond acceptors (Lipinski definition) is 4. The number of rotatable bonds is 7. The number of amides is 2. The van der Waals surface area contributed by atoms with Crippen LogP contribution in [-0.4, -0.2) is 54.2 Å². The quantitative estimate of drug-likeness (QED) is 0.622. The van der Waals surface area contributed by atoms with Crippen molar-refractivity contribution in [1.82, 2.24) is 10.2 Å². The summed E-state index contributed by atoms with van der Waals surface area (Å²) in [5.74, 6) is -0.929. The Morgan fingerprint density at radius 1 is 1.03 bits per heavy atom. The molecule has 1 heterocycles. The first-order valence-corrected chi connectivity index (χ1v) is 12.5. The summed E-state index contributed by atoms with van der Waals surface area (Å²) in [6, 6.07) is 16.4. The maximum atomic E-state index is 13.0. The summed E-state index contributed by atoms with van der Waals surface area (Å²) in [6.07, 6.45) is 2.62. The molecule has 2 N–H and O–H groups in total. The molecule has 35 heavy (non-hydrogen) atoms. The van der Waals surface area contributed by atoms with Gasteiger partial charge < -0.3 is 20.1 Å². The highest BCUT2D eigenvalue weighted by atomic mass is 16.5. The summed E-state index contributed by atoms with van der Waals surface area (Å²) in [4.78, 5) is 38.8. The lowest BCUT2D eigenvalue weighted by Gasteiger charge is -2.48. The molecule has 2 aromatic rings. The van der Waals surface area contributed by atoms with Gasteiger partial charge in [0.05, 0.1) is 0 Å². The molecular formula is C28H32N2O5. The first kappa shape index (κ1) is 23.4. The van der Waals surface area contributed by atoms with Crippen LogP contribution in [0.4, 0.5) is 4.79 Å². The number of nitrogens with zero attached hydrogens (tertiary/aromatic N) is 1. The highest BCUT2D eigenvalue weighted by Gasteiger charge is 2.51. The zero-order valence-electron chi connectivity index (χ0n) is 20.0. The van der Waals surface area contributed by atoms with E-state index in [2.05, 4.69) is 29.6 Å². The van der Waals surface area contributed by atoms with Gasteiger partial charge in [0.2, 0.25) is 5.91 Å². The maximum Gasteiger partial charge on any atom is 0.407 e. The summed E-state index contributed by atoms with van der Waals surface area (Å²) in [5.41, 5.74) is 3.91. The molecule has 3 aliphatic rings. The normalized spacial score (nSPS) is 22.1. The molecule has 2 fully saturated rings. The second kappa shape index (κ2) is 9.36. The number of benzene rings is 2. The van der Waals surface area contributed by atoms with Crippen LogP contribution in [0.15, 0.2) is 48.5 Å². The number of carbonyl (C=O) groups excluding carboxylic acids is 2. The van der Waals surface area contributed by atoms with Crippen molar-refractivity contribution >= 4 is 18.0 Å². The molecule has 1 saturated carbocycles. The van der Waals surface area contributed by atoms with E-state index in [9.17, 15) is 19.5 Å². The number of fused-ring (bicyclic) bond motifs is 3. The van der Waals surface area contributed by atoms with Crippen LogP contribution >= 0.6 is 0 Å². The van der Waals surface area contributed by atoms with E-state index < -0.39 is 17.5 Å². The number of carboxylic acid groups (broad SMARTS) is 1. The summed E-state index contributed by atoms with van der Waals surface area (Å²) < 4.78 is 5.63. The van der Waals surface area contributed by atoms with Gasteiger partial charge in [-0.25, -0.2) is 4.79 Å². The molecule has 0 unspecified atom stereocenters. The van der Waals surface area contributed by atoms with E-state index in [-0.39, 0.29) is 43.4 Å². The van der Waals surface area contributed by atoms with Gasteiger partial charge in [0.1, 0.15) is 12.0 Å². The van der Waals surface area contributed by atoms with E-state index in [0.717, 1.165) is 19.3 Å². The van der Waals surface area contributed by atoms with E-state index in [1.54, 1.807) is 4.90 Å². The third kappa shape index (κ3) is 4.17. The van der Waals surface area contributed by atoms with Crippen LogP contribution in [0.2, 0.25) is 0 Å². The number of aliphatic carboxylic acids is 1. The Morgan fingerprint density at radius 2 is 1.66 bits per heavy atom. The highest BCUT2D eigenvalue weighted by Crippen LogP contribution is 2.44. The lowest BCUT2D eigenvalue weighted by molar-refractivity contribution is -0.168. The van der Waals surface area contributed by atoms with Gasteiger partial charge in [0.25, 0.3) is 0 Å². The fourth-order valence-corrected chi connectivity index (χ4v) is 6.05. The van der Waals surface area contributed by atoms with Gasteiger partial charge in [0.15, 0.2) is 0 Å². The zero-order valence-corrected chi connectivity index (χ0v) is 20.0. The summed E-state index contributed by atoms with van der Waals surface area (Å²) in [5, 5.41) is 12.4. The largest absolute Gasteiger partial charge is 0.481 e. The summed E-state index contributed by atoms with van der Waals surface area (Å²) in [7, 11) is 0. The van der Waals surface area contributed by atoms with Gasteiger partial charge in [-0.05, 0) is 47.4 Å². The van der Waals surface area contributed by atoms with Crippen LogP contribution in [0.3, 0.4) is 0 Å². The van der Waals surface area contributed by atoms with Crippen LogP contribution < -0.4 is 5.32 Å². The second-order valence-corrected chi connectivity index (χ2v) is 10.1. The molecule has 0 spiro atoms. The lowest BCUT2D eigenvalue weighted by Crippen LogP contribution is -2.63. The minimum atomic E-state index is -0.830. The van der Waals surface area contributed by atoms with E-state index in [0.29, 0.717) is 13.0 Å². The molecule has 2 aromatic carbocycles. The standard InChI is InChI=1S/C28H32N2O5/c1-2-28(26(32)33)16-30(17-28)25(31)19-13-7-8-18(19)14-29-27(34)35-15-24-22-11-5-3-9-20(22)21-10-4-6-12-23(21)24/h3-6,9-12,18-19,24H,2,7-8,13-17H2,1H3,(H,29,34)(H,32,33)/t18-,19-/m1/s1. The molecule has 2 amide bonds. The molecule has 0 radical (unpaired) electrons. The minimum absolute atomic E-state index is 0.00782. The van der Waals surface area contributed by atoms with Gasteiger partial charge in [-0.1, -0.05) is 61.9 Å². The molecule has 184 valence electrons. The third-order valence-corrected chi connectivity index (χ3v) is 8.26. The number of carboxylic acids is 1. The van der Waals surface area contributed by atoms with Gasteiger partial charge in [0, 0.05) is 31.5 Å². The van der Waals surface area contributed by atoms with Gasteiger partial charge in [-0.15, -0.1) is 0 Å². The molecule has 5 rings (SSSR count). The van der Waals surface area contributed by atoms with Gasteiger partial charge in [-0.3, -0.25) is 9.59 Å². The SMILES string of the molecule is CCC1(C(=O)O)CN(C(=O)[C@@H]2CCC[C@@H]2CNC(=O)OCC2c3ccccc3-c3ccccc32)C1. The molecular weight excluding hydrogens is 444 g/mol. The first-order valence-electron chi connectivity index (χ1n) is 12.5. The topological polar surface area (TPSA) is 95.9 Å². The number of hydrogen-bond donors (Lipinski definition) is 2. The van der Waals surface area contributed by atoms with E-state index in [4.69, 9.17) is 4.74 Å². The molecule has 2 aliphatic carbocycles. The van der Waals surface area contributed by atoms with Crippen molar-refractivity contribution in [2.75, 3.05) is 26.2 Å². The Bertz CT molecular complexity index is 1090. The number of alkyl carbamates (subject to hydrolysis) is 1. The Hall–Kier alpha value is -3.35. The number of likely N-dealkylation sites (tertiary alicyclic amines) is 1. The van der Waals surface area contributed by atoms with Crippen molar-refractivity contribution in [2.45, 2.75) is 38.5 Å². The smallest absolute Gasteiger partial charge is 0.407 e. The van der Waals surface area contributed by atoms with Crippen molar-refractivity contribution in [2.24, 2.45) is 17.3 Å². The molecule has 1 saturated heterocycles. The highest BCUT2D eigenvalue weighted by molar-refractivity contribution is 5.85. The summed E-state index contributed by atoms with van der Waals surface area (Å²) >= 11 is 0. The minimum Gasteiger partial charge on any atom is -0.481 e. The number of ether oxygens (including phenoxy) is 1. The fraction of sp³-hybridized carbons (Fsp3) is 0.464. The average Bonchev–Trinajstić information content (AvgIpc) is 3.43. The zero-order chi connectivity index (χ0) is 24.6.